The number of nitrogens with one attached hydrogen (secondary N) is 1. The van der Waals surface area contributed by atoms with Gasteiger partial charge in [-0.25, -0.2) is 0 Å². The first-order chi connectivity index (χ1) is 11.6. The van der Waals surface area contributed by atoms with E-state index in [0.717, 1.165) is 17.1 Å². The zero-order chi connectivity index (χ0) is 17.1. The number of fused-ring (bicyclic) bond motifs is 1. The Morgan fingerprint density at radius 2 is 2.00 bits per heavy atom. The SMILES string of the molecule is COc1ccc2c(c1)CC(C(=O)Nc1ccc(OC)c(N)c1)CO2.Cl. The summed E-state index contributed by atoms with van der Waals surface area (Å²) in [5.74, 6) is 1.76. The Morgan fingerprint density at radius 1 is 1.20 bits per heavy atom. The Balaban J connectivity index is 0.00000225. The molecule has 1 atom stereocenters. The molecule has 2 aromatic rings. The van der Waals surface area contributed by atoms with Crippen LogP contribution in [0.3, 0.4) is 0 Å². The van der Waals surface area contributed by atoms with Gasteiger partial charge < -0.3 is 25.3 Å². The Hall–Kier alpha value is -2.60. The molecular formula is C18H21ClN2O4. The van der Waals surface area contributed by atoms with Crippen LogP contribution in [-0.2, 0) is 11.2 Å². The lowest BCUT2D eigenvalue weighted by Crippen LogP contribution is -2.32. The van der Waals surface area contributed by atoms with Gasteiger partial charge in [0.05, 0.1) is 25.8 Å². The molecule has 134 valence electrons. The molecule has 1 heterocycles. The van der Waals surface area contributed by atoms with Gasteiger partial charge in [0.15, 0.2) is 0 Å². The Labute approximate surface area is 152 Å². The van der Waals surface area contributed by atoms with Gasteiger partial charge in [0.25, 0.3) is 0 Å². The van der Waals surface area contributed by atoms with Gasteiger partial charge in [-0.2, -0.15) is 0 Å². The maximum Gasteiger partial charge on any atom is 0.231 e. The molecule has 0 bridgehead atoms. The predicted molar refractivity (Wildman–Crippen MR) is 99.0 cm³/mol. The van der Waals surface area contributed by atoms with Crippen molar-refractivity contribution in [3.63, 3.8) is 0 Å². The van der Waals surface area contributed by atoms with E-state index in [2.05, 4.69) is 5.32 Å². The molecule has 3 N–H and O–H groups in total. The van der Waals surface area contributed by atoms with Crippen LogP contribution < -0.4 is 25.3 Å². The fraction of sp³-hybridized carbons (Fsp3) is 0.278. The van der Waals surface area contributed by atoms with Gasteiger partial charge in [-0.3, -0.25) is 4.79 Å². The summed E-state index contributed by atoms with van der Waals surface area (Å²) in [5.41, 5.74) is 7.95. The number of anilines is 2. The summed E-state index contributed by atoms with van der Waals surface area (Å²) in [4.78, 5) is 12.5. The number of hydrogen-bond acceptors (Lipinski definition) is 5. The van der Waals surface area contributed by atoms with Gasteiger partial charge in [-0.1, -0.05) is 0 Å². The highest BCUT2D eigenvalue weighted by atomic mass is 35.5. The fourth-order valence-electron chi connectivity index (χ4n) is 2.72. The molecule has 6 nitrogen and oxygen atoms in total. The molecule has 2 aromatic carbocycles. The lowest BCUT2D eigenvalue weighted by molar-refractivity contribution is -0.121. The summed E-state index contributed by atoms with van der Waals surface area (Å²) in [7, 11) is 3.17. The first kappa shape index (κ1) is 18.7. The van der Waals surface area contributed by atoms with Crippen LogP contribution >= 0.6 is 12.4 Å². The third-order valence-electron chi connectivity index (χ3n) is 4.04. The zero-order valence-corrected chi connectivity index (χ0v) is 14.9. The highest BCUT2D eigenvalue weighted by Crippen LogP contribution is 2.31. The van der Waals surface area contributed by atoms with E-state index in [-0.39, 0.29) is 24.2 Å². The number of carbonyl (C=O) groups is 1. The first-order valence-electron chi connectivity index (χ1n) is 7.65. The molecule has 1 unspecified atom stereocenters. The van der Waals surface area contributed by atoms with Gasteiger partial charge in [0.1, 0.15) is 23.9 Å². The number of methoxy groups -OCH3 is 2. The van der Waals surface area contributed by atoms with Gasteiger partial charge in [0, 0.05) is 5.69 Å². The molecule has 0 radical (unpaired) electrons. The van der Waals surface area contributed by atoms with Crippen molar-refractivity contribution in [2.75, 3.05) is 31.9 Å². The van der Waals surface area contributed by atoms with E-state index in [9.17, 15) is 4.79 Å². The molecule has 0 fully saturated rings. The number of ether oxygens (including phenoxy) is 3. The summed E-state index contributed by atoms with van der Waals surface area (Å²) in [5, 5.41) is 2.88. The smallest absolute Gasteiger partial charge is 0.231 e. The topological polar surface area (TPSA) is 82.8 Å². The minimum Gasteiger partial charge on any atom is -0.497 e. The van der Waals surface area contributed by atoms with E-state index >= 15 is 0 Å². The highest BCUT2D eigenvalue weighted by Gasteiger charge is 2.26. The Bertz CT molecular complexity index is 767. The lowest BCUT2D eigenvalue weighted by Gasteiger charge is -2.25. The van der Waals surface area contributed by atoms with Gasteiger partial charge in [-0.15, -0.1) is 12.4 Å². The second-order valence-corrected chi connectivity index (χ2v) is 5.63. The van der Waals surface area contributed by atoms with E-state index in [0.29, 0.717) is 30.2 Å². The summed E-state index contributed by atoms with van der Waals surface area (Å²) in [6.07, 6.45) is 0.601. The third-order valence-corrected chi connectivity index (χ3v) is 4.04. The largest absolute Gasteiger partial charge is 0.497 e. The van der Waals surface area contributed by atoms with E-state index in [1.54, 1.807) is 32.4 Å². The zero-order valence-electron chi connectivity index (χ0n) is 14.1. The quantitative estimate of drug-likeness (QED) is 0.815. The molecular weight excluding hydrogens is 344 g/mol. The number of nitrogen functional groups attached to an aromatic ring is 1. The molecule has 1 aliphatic rings. The molecule has 1 aliphatic heterocycles. The fourth-order valence-corrected chi connectivity index (χ4v) is 2.72. The average molecular weight is 365 g/mol. The maximum atomic E-state index is 12.5. The predicted octanol–water partition coefficient (Wildman–Crippen LogP) is 2.90. The van der Waals surface area contributed by atoms with Gasteiger partial charge in [0.2, 0.25) is 5.91 Å². The number of benzene rings is 2. The van der Waals surface area contributed by atoms with Crippen LogP contribution in [-0.4, -0.2) is 26.7 Å². The van der Waals surface area contributed by atoms with Crippen LogP contribution in [0.4, 0.5) is 11.4 Å². The number of hydrogen-bond donors (Lipinski definition) is 2. The van der Waals surface area contributed by atoms with Crippen molar-refractivity contribution < 1.29 is 19.0 Å². The molecule has 0 saturated carbocycles. The summed E-state index contributed by atoms with van der Waals surface area (Å²) in [6.45, 7) is 0.344. The van der Waals surface area contributed by atoms with Crippen LogP contribution in [0.15, 0.2) is 36.4 Å². The van der Waals surface area contributed by atoms with Crippen LogP contribution in [0.25, 0.3) is 0 Å². The van der Waals surface area contributed by atoms with Crippen molar-refractivity contribution >= 4 is 29.7 Å². The van der Waals surface area contributed by atoms with Crippen molar-refractivity contribution in [2.24, 2.45) is 5.92 Å². The molecule has 1 amide bonds. The van der Waals surface area contributed by atoms with Crippen LogP contribution in [0.1, 0.15) is 5.56 Å². The van der Waals surface area contributed by atoms with E-state index in [4.69, 9.17) is 19.9 Å². The minimum absolute atomic E-state index is 0. The molecule has 0 aliphatic carbocycles. The third kappa shape index (κ3) is 4.09. The maximum absolute atomic E-state index is 12.5. The Kier molecular flexibility index (Phi) is 5.98. The summed E-state index contributed by atoms with van der Waals surface area (Å²) in [6, 6.07) is 10.8. The number of amides is 1. The van der Waals surface area contributed by atoms with Crippen LogP contribution in [0, 0.1) is 5.92 Å². The standard InChI is InChI=1S/C18H20N2O4.ClH/c1-22-14-4-6-16-11(8-14)7-12(10-24-16)18(21)20-13-3-5-17(23-2)15(19)9-13;/h3-6,8-9,12H,7,10,19H2,1-2H3,(H,20,21);1H. The van der Waals surface area contributed by atoms with E-state index < -0.39 is 0 Å². The van der Waals surface area contributed by atoms with Gasteiger partial charge in [-0.05, 0) is 48.4 Å². The van der Waals surface area contributed by atoms with E-state index in [1.807, 2.05) is 18.2 Å². The van der Waals surface area contributed by atoms with Crippen molar-refractivity contribution in [3.05, 3.63) is 42.0 Å². The van der Waals surface area contributed by atoms with Crippen molar-refractivity contribution in [1.82, 2.24) is 0 Å². The highest BCUT2D eigenvalue weighted by molar-refractivity contribution is 5.93. The Morgan fingerprint density at radius 3 is 2.68 bits per heavy atom. The van der Waals surface area contributed by atoms with Crippen molar-refractivity contribution in [2.45, 2.75) is 6.42 Å². The summed E-state index contributed by atoms with van der Waals surface area (Å²) < 4.78 is 16.0. The number of rotatable bonds is 4. The number of halogens is 1. The van der Waals surface area contributed by atoms with Gasteiger partial charge >= 0.3 is 0 Å². The minimum atomic E-state index is -0.270. The number of carbonyl (C=O) groups excluding carboxylic acids is 1. The molecule has 3 rings (SSSR count). The first-order valence-corrected chi connectivity index (χ1v) is 7.65. The second-order valence-electron chi connectivity index (χ2n) is 5.63. The normalized spacial score (nSPS) is 15.2. The van der Waals surface area contributed by atoms with Crippen LogP contribution in [0.2, 0.25) is 0 Å². The molecule has 25 heavy (non-hydrogen) atoms. The lowest BCUT2D eigenvalue weighted by atomic mass is 9.95. The molecule has 0 saturated heterocycles. The molecule has 7 heteroatoms. The van der Waals surface area contributed by atoms with Crippen molar-refractivity contribution in [1.29, 1.82) is 0 Å². The van der Waals surface area contributed by atoms with E-state index in [1.165, 1.54) is 0 Å². The number of nitrogens with two attached hydrogens (primary N) is 1. The van der Waals surface area contributed by atoms with Crippen molar-refractivity contribution in [3.8, 4) is 17.2 Å². The molecule has 0 spiro atoms. The average Bonchev–Trinajstić information content (AvgIpc) is 2.60. The second kappa shape index (κ2) is 7.98. The summed E-state index contributed by atoms with van der Waals surface area (Å²) >= 11 is 0. The molecule has 0 aromatic heterocycles. The van der Waals surface area contributed by atoms with Crippen LogP contribution in [0.5, 0.6) is 17.2 Å². The monoisotopic (exact) mass is 364 g/mol.